The lowest BCUT2D eigenvalue weighted by Crippen LogP contribution is -1.87. The van der Waals surface area contributed by atoms with E-state index in [-0.39, 0.29) is 0 Å². The van der Waals surface area contributed by atoms with Crippen molar-refractivity contribution in [2.24, 2.45) is 0 Å². The van der Waals surface area contributed by atoms with E-state index in [1.54, 1.807) is 0 Å². The van der Waals surface area contributed by atoms with Gasteiger partial charge >= 0.3 is 0 Å². The van der Waals surface area contributed by atoms with Crippen molar-refractivity contribution in [1.29, 1.82) is 5.26 Å². The zero-order valence-electron chi connectivity index (χ0n) is 8.29. The highest BCUT2D eigenvalue weighted by Gasteiger charge is 2.06. The van der Waals surface area contributed by atoms with Gasteiger partial charge in [-0.1, -0.05) is 24.6 Å². The molecule has 1 heterocycles. The predicted molar refractivity (Wildman–Crippen MR) is 60.8 cm³/mol. The van der Waals surface area contributed by atoms with Gasteiger partial charge in [0.2, 0.25) is 0 Å². The Balaban J connectivity index is 2.79. The number of fused-ring (bicyclic) bond motifs is 1. The number of benzene rings is 1. The monoisotopic (exact) mass is 216 g/mol. The first-order chi connectivity index (χ1) is 7.26. The second kappa shape index (κ2) is 3.88. The molecule has 0 bridgehead atoms. The van der Waals surface area contributed by atoms with Gasteiger partial charge in [-0.05, 0) is 24.1 Å². The number of pyridine rings is 1. The van der Waals surface area contributed by atoms with Crippen LogP contribution < -0.4 is 0 Å². The van der Waals surface area contributed by atoms with Crippen LogP contribution in [0.5, 0.6) is 0 Å². The normalized spacial score (nSPS) is 10.2. The summed E-state index contributed by atoms with van der Waals surface area (Å²) >= 11 is 6.11. The van der Waals surface area contributed by atoms with Gasteiger partial charge in [-0.25, -0.2) is 0 Å². The molecule has 2 rings (SSSR count). The van der Waals surface area contributed by atoms with Crippen LogP contribution in [-0.4, -0.2) is 4.98 Å². The number of hydrogen-bond acceptors (Lipinski definition) is 2. The zero-order chi connectivity index (χ0) is 10.8. The molecule has 0 unspecified atom stereocenters. The molecule has 0 amide bonds. The molecule has 0 spiro atoms. The van der Waals surface area contributed by atoms with Crippen molar-refractivity contribution in [3.8, 4) is 6.07 Å². The molecule has 15 heavy (non-hydrogen) atoms. The molecule has 0 radical (unpaired) electrons. The van der Waals surface area contributed by atoms with Gasteiger partial charge in [-0.2, -0.15) is 5.26 Å². The fourth-order valence-electron chi connectivity index (χ4n) is 1.51. The molecule has 0 atom stereocenters. The third kappa shape index (κ3) is 1.67. The topological polar surface area (TPSA) is 36.7 Å². The quantitative estimate of drug-likeness (QED) is 0.733. The van der Waals surface area contributed by atoms with E-state index in [1.807, 2.05) is 24.3 Å². The molecule has 0 aliphatic heterocycles. The number of hydrogen-bond donors (Lipinski definition) is 0. The Morgan fingerprint density at radius 3 is 2.93 bits per heavy atom. The molecule has 0 fully saturated rings. The summed E-state index contributed by atoms with van der Waals surface area (Å²) in [6, 6.07) is 7.98. The molecule has 0 aliphatic carbocycles. The summed E-state index contributed by atoms with van der Waals surface area (Å²) in [5.41, 5.74) is 2.45. The van der Waals surface area contributed by atoms with Crippen LogP contribution in [0.3, 0.4) is 0 Å². The zero-order valence-corrected chi connectivity index (χ0v) is 9.04. The van der Waals surface area contributed by atoms with Crippen molar-refractivity contribution in [3.63, 3.8) is 0 Å². The lowest BCUT2D eigenvalue weighted by molar-refractivity contribution is 1.14. The molecule has 3 heteroatoms. The maximum Gasteiger partial charge on any atom is 0.102 e. The van der Waals surface area contributed by atoms with E-state index in [9.17, 15) is 0 Å². The highest BCUT2D eigenvalue weighted by molar-refractivity contribution is 6.36. The van der Waals surface area contributed by atoms with E-state index in [4.69, 9.17) is 16.9 Å². The summed E-state index contributed by atoms with van der Waals surface area (Å²) in [7, 11) is 0. The SMILES string of the molecule is CCc1ccc2ncc(C#N)c(Cl)c2c1. The van der Waals surface area contributed by atoms with Gasteiger partial charge < -0.3 is 0 Å². The average molecular weight is 217 g/mol. The van der Waals surface area contributed by atoms with Crippen LogP contribution in [0.1, 0.15) is 18.1 Å². The molecule has 74 valence electrons. The minimum atomic E-state index is 0.428. The Labute approximate surface area is 93.1 Å². The van der Waals surface area contributed by atoms with Gasteiger partial charge in [0.1, 0.15) is 6.07 Å². The summed E-state index contributed by atoms with van der Waals surface area (Å²) < 4.78 is 0. The molecule has 2 aromatic rings. The second-order valence-corrected chi connectivity index (χ2v) is 3.68. The van der Waals surface area contributed by atoms with Gasteiger partial charge in [0.15, 0.2) is 0 Å². The first-order valence-electron chi connectivity index (χ1n) is 4.73. The van der Waals surface area contributed by atoms with Crippen molar-refractivity contribution in [3.05, 3.63) is 40.5 Å². The minimum absolute atomic E-state index is 0.428. The molecule has 0 aliphatic rings. The van der Waals surface area contributed by atoms with Crippen molar-refractivity contribution in [2.75, 3.05) is 0 Å². The summed E-state index contributed by atoms with van der Waals surface area (Å²) in [6.45, 7) is 2.08. The Morgan fingerprint density at radius 2 is 2.27 bits per heavy atom. The van der Waals surface area contributed by atoms with E-state index < -0.39 is 0 Å². The van der Waals surface area contributed by atoms with Crippen molar-refractivity contribution >= 4 is 22.5 Å². The van der Waals surface area contributed by atoms with E-state index in [0.717, 1.165) is 17.3 Å². The molecular weight excluding hydrogens is 208 g/mol. The molecule has 1 aromatic carbocycles. The van der Waals surface area contributed by atoms with E-state index >= 15 is 0 Å². The first kappa shape index (κ1) is 9.95. The Kier molecular flexibility index (Phi) is 2.57. The number of rotatable bonds is 1. The average Bonchev–Trinajstić information content (AvgIpc) is 2.29. The molecule has 0 saturated heterocycles. The van der Waals surface area contributed by atoms with Gasteiger partial charge in [-0.3, -0.25) is 4.98 Å². The fourth-order valence-corrected chi connectivity index (χ4v) is 1.75. The third-order valence-corrected chi connectivity index (χ3v) is 2.80. The number of aromatic nitrogens is 1. The molecular formula is C12H9ClN2. The number of nitriles is 1. The van der Waals surface area contributed by atoms with Crippen LogP contribution >= 0.6 is 11.6 Å². The smallest absolute Gasteiger partial charge is 0.102 e. The maximum atomic E-state index is 8.83. The summed E-state index contributed by atoms with van der Waals surface area (Å²) in [6.07, 6.45) is 2.46. The van der Waals surface area contributed by atoms with Crippen molar-refractivity contribution in [1.82, 2.24) is 4.98 Å². The summed E-state index contributed by atoms with van der Waals surface area (Å²) in [5, 5.41) is 10.2. The van der Waals surface area contributed by atoms with E-state index in [1.165, 1.54) is 11.8 Å². The van der Waals surface area contributed by atoms with Crippen LogP contribution in [0, 0.1) is 11.3 Å². The number of aryl methyl sites for hydroxylation is 1. The van der Waals surface area contributed by atoms with Crippen LogP contribution in [0.4, 0.5) is 0 Å². The van der Waals surface area contributed by atoms with Crippen molar-refractivity contribution < 1.29 is 0 Å². The van der Waals surface area contributed by atoms with Crippen LogP contribution in [-0.2, 0) is 6.42 Å². The van der Waals surface area contributed by atoms with E-state index in [0.29, 0.717) is 10.6 Å². The van der Waals surface area contributed by atoms with Crippen LogP contribution in [0.15, 0.2) is 24.4 Å². The Morgan fingerprint density at radius 1 is 1.47 bits per heavy atom. The summed E-state index contributed by atoms with van der Waals surface area (Å²) in [5.74, 6) is 0. The Hall–Kier alpha value is -1.59. The molecule has 0 N–H and O–H groups in total. The van der Waals surface area contributed by atoms with Gasteiger partial charge in [0.25, 0.3) is 0 Å². The standard InChI is InChI=1S/C12H9ClN2/c1-2-8-3-4-11-10(5-8)12(13)9(6-14)7-15-11/h3-5,7H,2H2,1H3. The lowest BCUT2D eigenvalue weighted by Gasteiger charge is -2.03. The van der Waals surface area contributed by atoms with Crippen LogP contribution in [0.25, 0.3) is 10.9 Å². The summed E-state index contributed by atoms with van der Waals surface area (Å²) in [4.78, 5) is 4.18. The van der Waals surface area contributed by atoms with Crippen molar-refractivity contribution in [2.45, 2.75) is 13.3 Å². The van der Waals surface area contributed by atoms with Crippen LogP contribution in [0.2, 0.25) is 5.02 Å². The number of nitrogens with zero attached hydrogens (tertiary/aromatic N) is 2. The first-order valence-corrected chi connectivity index (χ1v) is 5.11. The largest absolute Gasteiger partial charge is 0.255 e. The van der Waals surface area contributed by atoms with Gasteiger partial charge in [-0.15, -0.1) is 0 Å². The number of halogens is 1. The highest BCUT2D eigenvalue weighted by Crippen LogP contribution is 2.26. The minimum Gasteiger partial charge on any atom is -0.255 e. The fraction of sp³-hybridized carbons (Fsp3) is 0.167. The van der Waals surface area contributed by atoms with Gasteiger partial charge in [0, 0.05) is 11.6 Å². The lowest BCUT2D eigenvalue weighted by atomic mass is 10.1. The predicted octanol–water partition coefficient (Wildman–Crippen LogP) is 3.32. The molecule has 0 saturated carbocycles. The second-order valence-electron chi connectivity index (χ2n) is 3.30. The van der Waals surface area contributed by atoms with Gasteiger partial charge in [0.05, 0.1) is 16.1 Å². The Bertz CT molecular complexity index is 555. The maximum absolute atomic E-state index is 8.83. The molecule has 1 aromatic heterocycles. The van der Waals surface area contributed by atoms with E-state index in [2.05, 4.69) is 11.9 Å². The highest BCUT2D eigenvalue weighted by atomic mass is 35.5. The molecule has 2 nitrogen and oxygen atoms in total. The third-order valence-electron chi connectivity index (χ3n) is 2.40.